The van der Waals surface area contributed by atoms with Gasteiger partial charge in [-0.2, -0.15) is 0 Å². The van der Waals surface area contributed by atoms with E-state index in [9.17, 15) is 14.4 Å². The molecule has 0 radical (unpaired) electrons. The summed E-state index contributed by atoms with van der Waals surface area (Å²) in [5, 5.41) is 8.09. The van der Waals surface area contributed by atoms with Crippen molar-refractivity contribution in [2.75, 3.05) is 0 Å². The molecule has 0 unspecified atom stereocenters. The number of carbonyl (C=O) groups excluding carboxylic acids is 2. The smallest absolute Gasteiger partial charge is 0.328 e. The minimum atomic E-state index is -1.23. The van der Waals surface area contributed by atoms with Crippen molar-refractivity contribution in [2.45, 2.75) is 6.92 Å². The normalized spacial score (nSPS) is 9.42. The first-order valence-corrected chi connectivity index (χ1v) is 3.00. The van der Waals surface area contributed by atoms with Gasteiger partial charge in [-0.15, -0.1) is 0 Å². The molecule has 0 saturated heterocycles. The lowest BCUT2D eigenvalue weighted by Gasteiger charge is -1.99. The number of aliphatic carboxylic acids is 1. The fourth-order valence-electron chi connectivity index (χ4n) is 0.338. The van der Waals surface area contributed by atoms with E-state index >= 15 is 0 Å². The van der Waals surface area contributed by atoms with E-state index in [0.29, 0.717) is 6.08 Å². The second-order valence-corrected chi connectivity index (χ2v) is 1.84. The maximum atomic E-state index is 10.6. The molecule has 0 fully saturated rings. The Morgan fingerprint density at radius 1 is 1.17 bits per heavy atom. The van der Waals surface area contributed by atoms with Crippen LogP contribution < -0.4 is 10.9 Å². The molecule has 0 bridgehead atoms. The molecule has 66 valence electrons. The molecule has 0 atom stereocenters. The maximum Gasteiger partial charge on any atom is 0.328 e. The zero-order valence-electron chi connectivity index (χ0n) is 6.33. The summed E-state index contributed by atoms with van der Waals surface area (Å²) >= 11 is 0. The third-order valence-electron chi connectivity index (χ3n) is 0.739. The molecule has 0 rings (SSSR count). The average Bonchev–Trinajstić information content (AvgIpc) is 1.96. The molecule has 6 heteroatoms. The van der Waals surface area contributed by atoms with Crippen LogP contribution in [0.4, 0.5) is 0 Å². The van der Waals surface area contributed by atoms with E-state index in [2.05, 4.69) is 0 Å². The van der Waals surface area contributed by atoms with Crippen molar-refractivity contribution in [1.82, 2.24) is 10.9 Å². The van der Waals surface area contributed by atoms with E-state index in [1.54, 1.807) is 0 Å². The van der Waals surface area contributed by atoms with Crippen molar-refractivity contribution < 1.29 is 19.5 Å². The van der Waals surface area contributed by atoms with Crippen LogP contribution >= 0.6 is 0 Å². The summed E-state index contributed by atoms with van der Waals surface area (Å²) < 4.78 is 0. The lowest BCUT2D eigenvalue weighted by Crippen LogP contribution is -2.39. The Hall–Kier alpha value is -1.85. The van der Waals surface area contributed by atoms with Gasteiger partial charge in [0.1, 0.15) is 0 Å². The van der Waals surface area contributed by atoms with Crippen LogP contribution in [0.5, 0.6) is 0 Å². The van der Waals surface area contributed by atoms with Crippen LogP contribution in [-0.4, -0.2) is 22.9 Å². The molecule has 0 aliphatic rings. The highest BCUT2D eigenvalue weighted by Crippen LogP contribution is 1.71. The van der Waals surface area contributed by atoms with Crippen LogP contribution in [0.15, 0.2) is 12.2 Å². The van der Waals surface area contributed by atoms with Gasteiger partial charge in [-0.05, 0) is 0 Å². The van der Waals surface area contributed by atoms with Gasteiger partial charge in [0.2, 0.25) is 5.91 Å². The van der Waals surface area contributed by atoms with Gasteiger partial charge in [-0.1, -0.05) is 0 Å². The van der Waals surface area contributed by atoms with E-state index in [0.717, 1.165) is 6.08 Å². The van der Waals surface area contributed by atoms with Crippen molar-refractivity contribution in [3.63, 3.8) is 0 Å². The van der Waals surface area contributed by atoms with Crippen molar-refractivity contribution in [3.8, 4) is 0 Å². The van der Waals surface area contributed by atoms with Crippen LogP contribution in [0, 0.1) is 0 Å². The van der Waals surface area contributed by atoms with Crippen LogP contribution in [0.3, 0.4) is 0 Å². The minimum absolute atomic E-state index is 0.438. The predicted molar refractivity (Wildman–Crippen MR) is 38.7 cm³/mol. The number of hydrogen-bond acceptors (Lipinski definition) is 3. The van der Waals surface area contributed by atoms with E-state index in [1.807, 2.05) is 10.9 Å². The zero-order chi connectivity index (χ0) is 9.56. The topological polar surface area (TPSA) is 95.5 Å². The van der Waals surface area contributed by atoms with Gasteiger partial charge >= 0.3 is 5.97 Å². The predicted octanol–water partition coefficient (Wildman–Crippen LogP) is -1.21. The van der Waals surface area contributed by atoms with Crippen LogP contribution in [-0.2, 0) is 14.4 Å². The van der Waals surface area contributed by atoms with Crippen molar-refractivity contribution in [3.05, 3.63) is 12.2 Å². The van der Waals surface area contributed by atoms with Gasteiger partial charge in [-0.3, -0.25) is 20.4 Å². The zero-order valence-corrected chi connectivity index (χ0v) is 6.33. The summed E-state index contributed by atoms with van der Waals surface area (Å²) in [5.74, 6) is -2.37. The molecule has 0 aromatic carbocycles. The van der Waals surface area contributed by atoms with Gasteiger partial charge in [0.15, 0.2) is 0 Å². The first kappa shape index (κ1) is 10.2. The molecule has 12 heavy (non-hydrogen) atoms. The van der Waals surface area contributed by atoms with E-state index < -0.39 is 17.8 Å². The molecule has 0 heterocycles. The van der Waals surface area contributed by atoms with Crippen LogP contribution in [0.2, 0.25) is 0 Å². The highest BCUT2D eigenvalue weighted by atomic mass is 16.4. The van der Waals surface area contributed by atoms with Gasteiger partial charge in [0, 0.05) is 19.1 Å². The van der Waals surface area contributed by atoms with Crippen molar-refractivity contribution in [2.24, 2.45) is 0 Å². The first-order chi connectivity index (χ1) is 5.52. The number of carboxylic acid groups (broad SMARTS) is 1. The Balaban J connectivity index is 3.75. The van der Waals surface area contributed by atoms with Crippen molar-refractivity contribution in [1.29, 1.82) is 0 Å². The largest absolute Gasteiger partial charge is 0.478 e. The quantitative estimate of drug-likeness (QED) is 0.360. The first-order valence-electron chi connectivity index (χ1n) is 3.00. The molecule has 6 nitrogen and oxygen atoms in total. The SMILES string of the molecule is CC(=O)NNC(=O)/C=C/C(=O)O. The molecule has 0 aromatic rings. The van der Waals surface area contributed by atoms with E-state index in [1.165, 1.54) is 6.92 Å². The Morgan fingerprint density at radius 2 is 1.75 bits per heavy atom. The monoisotopic (exact) mass is 172 g/mol. The number of hydrogen-bond donors (Lipinski definition) is 3. The molecule has 0 saturated carbocycles. The standard InChI is InChI=1S/C6H8N2O4/c1-4(9)7-8-5(10)2-3-6(11)12/h2-3H,1H3,(H,7,9)(H,8,10)(H,11,12)/b3-2+. The summed E-state index contributed by atoms with van der Waals surface area (Å²) in [7, 11) is 0. The summed E-state index contributed by atoms with van der Waals surface area (Å²) in [4.78, 5) is 30.7. The number of amides is 2. The number of hydrazine groups is 1. The van der Waals surface area contributed by atoms with Crippen molar-refractivity contribution >= 4 is 17.8 Å². The Kier molecular flexibility index (Phi) is 4.13. The highest BCUT2D eigenvalue weighted by Gasteiger charge is 1.95. The number of rotatable bonds is 2. The summed E-state index contributed by atoms with van der Waals surface area (Å²) in [6, 6.07) is 0. The molecule has 0 aliphatic heterocycles. The molecular formula is C6H8N2O4. The summed E-state index contributed by atoms with van der Waals surface area (Å²) in [6.07, 6.45) is 1.45. The molecular weight excluding hydrogens is 164 g/mol. The molecule has 0 aliphatic carbocycles. The second kappa shape index (κ2) is 4.89. The van der Waals surface area contributed by atoms with Crippen LogP contribution in [0.1, 0.15) is 6.92 Å². The summed E-state index contributed by atoms with van der Waals surface area (Å²) in [6.45, 7) is 1.21. The summed E-state index contributed by atoms with van der Waals surface area (Å²) in [5.41, 5.74) is 3.94. The third kappa shape index (κ3) is 6.27. The van der Waals surface area contributed by atoms with Gasteiger partial charge in [0.05, 0.1) is 0 Å². The number of carbonyl (C=O) groups is 3. The molecule has 2 amide bonds. The number of carboxylic acids is 1. The van der Waals surface area contributed by atoms with E-state index in [4.69, 9.17) is 5.11 Å². The lowest BCUT2D eigenvalue weighted by molar-refractivity contribution is -0.131. The Labute approximate surface area is 68.2 Å². The van der Waals surface area contributed by atoms with Gasteiger partial charge < -0.3 is 5.11 Å². The highest BCUT2D eigenvalue weighted by molar-refractivity contribution is 5.94. The maximum absolute atomic E-state index is 10.6. The minimum Gasteiger partial charge on any atom is -0.478 e. The lowest BCUT2D eigenvalue weighted by atomic mass is 10.5. The average molecular weight is 172 g/mol. The van der Waals surface area contributed by atoms with E-state index in [-0.39, 0.29) is 0 Å². The third-order valence-corrected chi connectivity index (χ3v) is 0.739. The van der Waals surface area contributed by atoms with Gasteiger partial charge in [-0.25, -0.2) is 4.79 Å². The Morgan fingerprint density at radius 3 is 2.17 bits per heavy atom. The Bertz CT molecular complexity index is 234. The fraction of sp³-hybridized carbons (Fsp3) is 0.167. The molecule has 0 aromatic heterocycles. The van der Waals surface area contributed by atoms with Crippen LogP contribution in [0.25, 0.3) is 0 Å². The second-order valence-electron chi connectivity index (χ2n) is 1.84. The van der Waals surface area contributed by atoms with Gasteiger partial charge in [0.25, 0.3) is 5.91 Å². The fourth-order valence-corrected chi connectivity index (χ4v) is 0.338. The molecule has 0 spiro atoms. The molecule has 3 N–H and O–H groups in total. The number of nitrogens with one attached hydrogen (secondary N) is 2.